The molecule has 3 heterocycles. The Balaban J connectivity index is 1.42. The maximum absolute atomic E-state index is 12.2. The molecule has 8 heteroatoms. The van der Waals surface area contributed by atoms with Gasteiger partial charge in [0.1, 0.15) is 6.54 Å². The van der Waals surface area contributed by atoms with Crippen LogP contribution in [-0.2, 0) is 6.54 Å². The number of hydrogen-bond acceptors (Lipinski definition) is 7. The van der Waals surface area contributed by atoms with Gasteiger partial charge in [0.2, 0.25) is 18.5 Å². The molecule has 0 aliphatic carbocycles. The van der Waals surface area contributed by atoms with Crippen LogP contribution in [0.25, 0.3) is 22.6 Å². The zero-order valence-electron chi connectivity index (χ0n) is 14.6. The first-order valence-electron chi connectivity index (χ1n) is 8.62. The Morgan fingerprint density at radius 3 is 2.68 bits per heavy atom. The van der Waals surface area contributed by atoms with Gasteiger partial charge >= 0.3 is 0 Å². The Hall–Kier alpha value is -3.94. The van der Waals surface area contributed by atoms with Crippen LogP contribution >= 0.6 is 0 Å². The Morgan fingerprint density at radius 2 is 1.79 bits per heavy atom. The summed E-state index contributed by atoms with van der Waals surface area (Å²) in [5.41, 5.74) is 2.10. The summed E-state index contributed by atoms with van der Waals surface area (Å²) in [5, 5.41) is 8.40. The Morgan fingerprint density at radius 1 is 0.929 bits per heavy atom. The standard InChI is InChI=1S/C20H14N4O4/c25-19-9-7-15(13-4-2-1-3-5-13)22-24(19)11-18-21-20(23-28-18)14-6-8-16-17(10-14)27-12-26-16/h1-10H,11-12H2. The predicted octanol–water partition coefficient (Wildman–Crippen LogP) is 2.74. The van der Waals surface area contributed by atoms with Crippen molar-refractivity contribution in [2.75, 3.05) is 6.79 Å². The average molecular weight is 374 g/mol. The molecule has 5 rings (SSSR count). The van der Waals surface area contributed by atoms with E-state index in [4.69, 9.17) is 14.0 Å². The Kier molecular flexibility index (Phi) is 3.86. The molecular formula is C20H14N4O4. The summed E-state index contributed by atoms with van der Waals surface area (Å²) < 4.78 is 17.3. The first kappa shape index (κ1) is 16.2. The molecule has 2 aromatic heterocycles. The minimum atomic E-state index is -0.248. The summed E-state index contributed by atoms with van der Waals surface area (Å²) in [5.74, 6) is 2.01. The molecular weight excluding hydrogens is 360 g/mol. The molecule has 0 N–H and O–H groups in total. The van der Waals surface area contributed by atoms with Crippen molar-refractivity contribution in [1.82, 2.24) is 19.9 Å². The third-order valence-corrected chi connectivity index (χ3v) is 4.32. The van der Waals surface area contributed by atoms with Crippen molar-refractivity contribution in [1.29, 1.82) is 0 Å². The van der Waals surface area contributed by atoms with Crippen LogP contribution in [-0.4, -0.2) is 26.7 Å². The molecule has 2 aromatic carbocycles. The maximum atomic E-state index is 12.2. The van der Waals surface area contributed by atoms with E-state index in [-0.39, 0.29) is 24.8 Å². The number of benzene rings is 2. The summed E-state index contributed by atoms with van der Waals surface area (Å²) in [6.07, 6.45) is 0. The molecule has 0 saturated heterocycles. The van der Waals surface area contributed by atoms with Crippen LogP contribution in [0, 0.1) is 0 Å². The molecule has 0 spiro atoms. The molecule has 28 heavy (non-hydrogen) atoms. The van der Waals surface area contributed by atoms with E-state index in [2.05, 4.69) is 15.2 Å². The van der Waals surface area contributed by atoms with E-state index in [1.807, 2.05) is 36.4 Å². The first-order chi connectivity index (χ1) is 13.8. The fraction of sp³-hybridized carbons (Fsp3) is 0.100. The van der Waals surface area contributed by atoms with E-state index in [9.17, 15) is 4.79 Å². The van der Waals surface area contributed by atoms with Gasteiger partial charge in [0.25, 0.3) is 5.56 Å². The van der Waals surface area contributed by atoms with Crippen LogP contribution in [0.15, 0.2) is 70.0 Å². The minimum Gasteiger partial charge on any atom is -0.454 e. The molecule has 0 radical (unpaired) electrons. The third-order valence-electron chi connectivity index (χ3n) is 4.32. The van der Waals surface area contributed by atoms with Crippen LogP contribution in [0.2, 0.25) is 0 Å². The van der Waals surface area contributed by atoms with Crippen molar-refractivity contribution in [3.63, 3.8) is 0 Å². The number of nitrogens with zero attached hydrogens (tertiary/aromatic N) is 4. The van der Waals surface area contributed by atoms with E-state index in [0.717, 1.165) is 11.1 Å². The van der Waals surface area contributed by atoms with Crippen molar-refractivity contribution in [3.05, 3.63) is 76.9 Å². The van der Waals surface area contributed by atoms with Crippen LogP contribution in [0.1, 0.15) is 5.89 Å². The lowest BCUT2D eigenvalue weighted by Crippen LogP contribution is -2.23. The average Bonchev–Trinajstić information content (AvgIpc) is 3.39. The lowest BCUT2D eigenvalue weighted by Gasteiger charge is -2.04. The van der Waals surface area contributed by atoms with Gasteiger partial charge in [0.05, 0.1) is 5.69 Å². The largest absolute Gasteiger partial charge is 0.454 e. The van der Waals surface area contributed by atoms with E-state index in [1.54, 1.807) is 18.2 Å². The topological polar surface area (TPSA) is 92.3 Å². The molecule has 4 aromatic rings. The SMILES string of the molecule is O=c1ccc(-c2ccccc2)nn1Cc1nc(-c2ccc3c(c2)OCO3)no1. The highest BCUT2D eigenvalue weighted by Crippen LogP contribution is 2.35. The molecule has 0 atom stereocenters. The number of rotatable bonds is 4. The highest BCUT2D eigenvalue weighted by atomic mass is 16.7. The van der Waals surface area contributed by atoms with Gasteiger partial charge in [-0.25, -0.2) is 4.68 Å². The Labute approximate surface area is 159 Å². The van der Waals surface area contributed by atoms with Gasteiger partial charge in [-0.3, -0.25) is 4.79 Å². The van der Waals surface area contributed by atoms with E-state index >= 15 is 0 Å². The lowest BCUT2D eigenvalue weighted by atomic mass is 10.1. The van der Waals surface area contributed by atoms with Crippen LogP contribution in [0.3, 0.4) is 0 Å². The molecule has 0 amide bonds. The molecule has 138 valence electrons. The lowest BCUT2D eigenvalue weighted by molar-refractivity contribution is 0.174. The van der Waals surface area contributed by atoms with Crippen molar-refractivity contribution >= 4 is 0 Å². The summed E-state index contributed by atoms with van der Waals surface area (Å²) in [6.45, 7) is 0.277. The predicted molar refractivity (Wildman–Crippen MR) is 98.9 cm³/mol. The van der Waals surface area contributed by atoms with Crippen LogP contribution in [0.4, 0.5) is 0 Å². The highest BCUT2D eigenvalue weighted by molar-refractivity contribution is 5.61. The summed E-state index contributed by atoms with van der Waals surface area (Å²) >= 11 is 0. The second-order valence-corrected chi connectivity index (χ2v) is 6.16. The van der Waals surface area contributed by atoms with Gasteiger partial charge in [-0.05, 0) is 24.3 Å². The molecule has 0 fully saturated rings. The minimum absolute atomic E-state index is 0.0804. The van der Waals surface area contributed by atoms with Crippen LogP contribution in [0.5, 0.6) is 11.5 Å². The monoisotopic (exact) mass is 374 g/mol. The van der Waals surface area contributed by atoms with Crippen molar-refractivity contribution < 1.29 is 14.0 Å². The van der Waals surface area contributed by atoms with Gasteiger partial charge in [-0.15, -0.1) is 0 Å². The molecule has 1 aliphatic heterocycles. The number of aromatic nitrogens is 4. The summed E-state index contributed by atoms with van der Waals surface area (Å²) in [6, 6.07) is 18.2. The second-order valence-electron chi connectivity index (χ2n) is 6.16. The van der Waals surface area contributed by atoms with Gasteiger partial charge in [-0.2, -0.15) is 10.1 Å². The molecule has 0 saturated carbocycles. The smallest absolute Gasteiger partial charge is 0.267 e. The zero-order chi connectivity index (χ0) is 18.9. The van der Waals surface area contributed by atoms with Crippen molar-refractivity contribution in [2.45, 2.75) is 6.54 Å². The maximum Gasteiger partial charge on any atom is 0.267 e. The second kappa shape index (κ2) is 6.66. The highest BCUT2D eigenvalue weighted by Gasteiger charge is 2.17. The van der Waals surface area contributed by atoms with Gasteiger partial charge in [-0.1, -0.05) is 35.5 Å². The third kappa shape index (κ3) is 3.01. The molecule has 1 aliphatic rings. The molecule has 8 nitrogen and oxygen atoms in total. The normalized spacial score (nSPS) is 12.3. The summed E-state index contributed by atoms with van der Waals surface area (Å²) in [4.78, 5) is 16.6. The van der Waals surface area contributed by atoms with Gasteiger partial charge < -0.3 is 14.0 Å². The molecule has 0 bridgehead atoms. The Bertz CT molecular complexity index is 1200. The fourth-order valence-electron chi connectivity index (χ4n) is 2.93. The van der Waals surface area contributed by atoms with E-state index < -0.39 is 0 Å². The fourth-order valence-corrected chi connectivity index (χ4v) is 2.93. The zero-order valence-corrected chi connectivity index (χ0v) is 14.6. The van der Waals surface area contributed by atoms with E-state index in [0.29, 0.717) is 23.0 Å². The van der Waals surface area contributed by atoms with Crippen molar-refractivity contribution in [3.8, 4) is 34.1 Å². The summed E-state index contributed by atoms with van der Waals surface area (Å²) in [7, 11) is 0. The van der Waals surface area contributed by atoms with Gasteiger partial charge in [0.15, 0.2) is 11.5 Å². The molecule has 0 unspecified atom stereocenters. The van der Waals surface area contributed by atoms with Crippen LogP contribution < -0.4 is 15.0 Å². The first-order valence-corrected chi connectivity index (χ1v) is 8.62. The van der Waals surface area contributed by atoms with Gasteiger partial charge in [0, 0.05) is 17.2 Å². The van der Waals surface area contributed by atoms with E-state index in [1.165, 1.54) is 10.7 Å². The number of fused-ring (bicyclic) bond motifs is 1. The van der Waals surface area contributed by atoms with Crippen molar-refractivity contribution in [2.24, 2.45) is 0 Å². The quantitative estimate of drug-likeness (QED) is 0.542. The number of hydrogen-bond donors (Lipinski definition) is 0. The number of ether oxygens (including phenoxy) is 2.